The SMILES string of the molecule is CCCCC(O)c1ccc(C2CCC3(CC2)OCCO3)cc1. The fraction of sp³-hybridized carbons (Fsp3) is 0.684. The van der Waals surface area contributed by atoms with E-state index in [0.29, 0.717) is 5.92 Å². The fourth-order valence-electron chi connectivity index (χ4n) is 3.73. The minimum atomic E-state index is -0.316. The Morgan fingerprint density at radius 3 is 2.36 bits per heavy atom. The maximum atomic E-state index is 10.2. The lowest BCUT2D eigenvalue weighted by Gasteiger charge is -2.35. The first kappa shape index (κ1) is 16.0. The highest BCUT2D eigenvalue weighted by molar-refractivity contribution is 5.27. The van der Waals surface area contributed by atoms with E-state index in [1.165, 1.54) is 5.56 Å². The van der Waals surface area contributed by atoms with Crippen LogP contribution in [0.15, 0.2) is 24.3 Å². The molecule has 22 heavy (non-hydrogen) atoms. The molecule has 1 aliphatic heterocycles. The van der Waals surface area contributed by atoms with Crippen LogP contribution in [-0.4, -0.2) is 24.1 Å². The van der Waals surface area contributed by atoms with Crippen LogP contribution < -0.4 is 0 Å². The summed E-state index contributed by atoms with van der Waals surface area (Å²) in [5, 5.41) is 10.2. The molecular formula is C19H28O3. The quantitative estimate of drug-likeness (QED) is 0.881. The molecule has 1 aromatic carbocycles. The number of aliphatic hydroxyl groups excluding tert-OH is 1. The van der Waals surface area contributed by atoms with Crippen LogP contribution in [0.4, 0.5) is 0 Å². The van der Waals surface area contributed by atoms with Crippen molar-refractivity contribution in [3.05, 3.63) is 35.4 Å². The van der Waals surface area contributed by atoms with Gasteiger partial charge < -0.3 is 14.6 Å². The molecule has 3 nitrogen and oxygen atoms in total. The van der Waals surface area contributed by atoms with Gasteiger partial charge in [-0.05, 0) is 36.3 Å². The van der Waals surface area contributed by atoms with Gasteiger partial charge in [0.1, 0.15) is 0 Å². The molecule has 1 aliphatic carbocycles. The van der Waals surface area contributed by atoms with E-state index in [1.807, 2.05) is 0 Å². The molecule has 0 aromatic heterocycles. The van der Waals surface area contributed by atoms with Crippen LogP contribution in [0.25, 0.3) is 0 Å². The van der Waals surface area contributed by atoms with Crippen molar-refractivity contribution < 1.29 is 14.6 Å². The molecule has 1 aromatic rings. The van der Waals surface area contributed by atoms with Gasteiger partial charge in [0.2, 0.25) is 0 Å². The molecule has 0 radical (unpaired) electrons. The Bertz CT molecular complexity index is 452. The zero-order valence-electron chi connectivity index (χ0n) is 13.6. The van der Waals surface area contributed by atoms with E-state index in [4.69, 9.17) is 9.47 Å². The number of rotatable bonds is 5. The van der Waals surface area contributed by atoms with Crippen molar-refractivity contribution in [1.29, 1.82) is 0 Å². The summed E-state index contributed by atoms with van der Waals surface area (Å²) in [6, 6.07) is 8.60. The zero-order chi connectivity index (χ0) is 15.4. The van der Waals surface area contributed by atoms with Gasteiger partial charge in [0.25, 0.3) is 0 Å². The van der Waals surface area contributed by atoms with Gasteiger partial charge in [-0.2, -0.15) is 0 Å². The first-order valence-electron chi connectivity index (χ1n) is 8.78. The first-order chi connectivity index (χ1) is 10.7. The van der Waals surface area contributed by atoms with Gasteiger partial charge in [0.15, 0.2) is 5.79 Å². The Hall–Kier alpha value is -0.900. The lowest BCUT2D eigenvalue weighted by Crippen LogP contribution is -2.34. The van der Waals surface area contributed by atoms with E-state index in [0.717, 1.165) is 63.7 Å². The Morgan fingerprint density at radius 2 is 1.77 bits per heavy atom. The van der Waals surface area contributed by atoms with Crippen molar-refractivity contribution in [3.63, 3.8) is 0 Å². The van der Waals surface area contributed by atoms with Crippen LogP contribution in [0.1, 0.15) is 75.0 Å². The summed E-state index contributed by atoms with van der Waals surface area (Å²) in [7, 11) is 0. The third-order valence-electron chi connectivity index (χ3n) is 5.18. The molecule has 2 fully saturated rings. The van der Waals surface area contributed by atoms with Gasteiger partial charge in [-0.1, -0.05) is 44.0 Å². The predicted molar refractivity (Wildman–Crippen MR) is 86.8 cm³/mol. The normalized spacial score (nSPS) is 23.0. The second kappa shape index (κ2) is 7.12. The Balaban J connectivity index is 1.57. The first-order valence-corrected chi connectivity index (χ1v) is 8.78. The molecule has 2 aliphatic rings. The molecule has 1 atom stereocenters. The highest BCUT2D eigenvalue weighted by Gasteiger charge is 2.40. The van der Waals surface area contributed by atoms with Gasteiger partial charge in [-0.25, -0.2) is 0 Å². The van der Waals surface area contributed by atoms with E-state index in [-0.39, 0.29) is 11.9 Å². The topological polar surface area (TPSA) is 38.7 Å². The largest absolute Gasteiger partial charge is 0.388 e. The van der Waals surface area contributed by atoms with Gasteiger partial charge in [0, 0.05) is 12.8 Å². The summed E-state index contributed by atoms with van der Waals surface area (Å²) in [6.07, 6.45) is 6.99. The minimum Gasteiger partial charge on any atom is -0.388 e. The summed E-state index contributed by atoms with van der Waals surface area (Å²) >= 11 is 0. The summed E-state index contributed by atoms with van der Waals surface area (Å²) in [5.74, 6) is 0.326. The fourth-order valence-corrected chi connectivity index (χ4v) is 3.73. The van der Waals surface area contributed by atoms with Crippen LogP contribution in [0.3, 0.4) is 0 Å². The molecule has 1 spiro atoms. The smallest absolute Gasteiger partial charge is 0.168 e. The van der Waals surface area contributed by atoms with E-state index in [9.17, 15) is 5.11 Å². The van der Waals surface area contributed by atoms with Crippen LogP contribution in [0, 0.1) is 0 Å². The monoisotopic (exact) mass is 304 g/mol. The standard InChI is InChI=1S/C19H28O3/c1-2-3-4-18(20)17-7-5-15(6-8-17)16-9-11-19(12-10-16)21-13-14-22-19/h5-8,16,18,20H,2-4,9-14H2,1H3. The molecule has 3 heteroatoms. The number of aliphatic hydroxyl groups is 1. The Kier molecular flexibility index (Phi) is 5.17. The lowest BCUT2D eigenvalue weighted by atomic mass is 9.80. The second-order valence-electron chi connectivity index (χ2n) is 6.71. The zero-order valence-corrected chi connectivity index (χ0v) is 13.6. The second-order valence-corrected chi connectivity index (χ2v) is 6.71. The lowest BCUT2D eigenvalue weighted by molar-refractivity contribution is -0.178. The summed E-state index contributed by atoms with van der Waals surface area (Å²) in [4.78, 5) is 0. The molecule has 1 saturated heterocycles. The summed E-state index contributed by atoms with van der Waals surface area (Å²) < 4.78 is 11.6. The van der Waals surface area contributed by atoms with Crippen molar-refractivity contribution in [2.45, 2.75) is 69.7 Å². The molecule has 1 N–H and O–H groups in total. The molecule has 3 rings (SSSR count). The van der Waals surface area contributed by atoms with E-state index in [1.54, 1.807) is 0 Å². The summed E-state index contributed by atoms with van der Waals surface area (Å²) in [6.45, 7) is 3.65. The van der Waals surface area contributed by atoms with Gasteiger partial charge in [0.05, 0.1) is 19.3 Å². The van der Waals surface area contributed by atoms with Crippen molar-refractivity contribution in [1.82, 2.24) is 0 Å². The third-order valence-corrected chi connectivity index (χ3v) is 5.18. The number of ether oxygens (including phenoxy) is 2. The van der Waals surface area contributed by atoms with Gasteiger partial charge in [-0.3, -0.25) is 0 Å². The van der Waals surface area contributed by atoms with E-state index >= 15 is 0 Å². The van der Waals surface area contributed by atoms with Crippen LogP contribution >= 0.6 is 0 Å². The van der Waals surface area contributed by atoms with Gasteiger partial charge in [-0.15, -0.1) is 0 Å². The maximum absolute atomic E-state index is 10.2. The molecule has 1 saturated carbocycles. The Morgan fingerprint density at radius 1 is 1.14 bits per heavy atom. The van der Waals surface area contributed by atoms with E-state index in [2.05, 4.69) is 31.2 Å². The molecule has 0 amide bonds. The van der Waals surface area contributed by atoms with Crippen LogP contribution in [0.5, 0.6) is 0 Å². The maximum Gasteiger partial charge on any atom is 0.168 e. The third kappa shape index (κ3) is 3.53. The molecule has 0 bridgehead atoms. The average Bonchev–Trinajstić information content (AvgIpc) is 3.02. The summed E-state index contributed by atoms with van der Waals surface area (Å²) in [5.41, 5.74) is 2.44. The van der Waals surface area contributed by atoms with Crippen molar-refractivity contribution >= 4 is 0 Å². The van der Waals surface area contributed by atoms with E-state index < -0.39 is 0 Å². The average molecular weight is 304 g/mol. The minimum absolute atomic E-state index is 0.271. The predicted octanol–water partition coefficient (Wildman–Crippen LogP) is 4.31. The Labute approximate surface area is 133 Å². The van der Waals surface area contributed by atoms with Crippen LogP contribution in [0.2, 0.25) is 0 Å². The van der Waals surface area contributed by atoms with Crippen molar-refractivity contribution in [2.75, 3.05) is 13.2 Å². The van der Waals surface area contributed by atoms with Gasteiger partial charge >= 0.3 is 0 Å². The number of unbranched alkanes of at least 4 members (excludes halogenated alkanes) is 1. The van der Waals surface area contributed by atoms with Crippen molar-refractivity contribution in [3.8, 4) is 0 Å². The number of hydrogen-bond donors (Lipinski definition) is 1. The molecule has 1 unspecified atom stereocenters. The highest BCUT2D eigenvalue weighted by Crippen LogP contribution is 2.42. The number of benzene rings is 1. The highest BCUT2D eigenvalue weighted by atomic mass is 16.7. The van der Waals surface area contributed by atoms with Crippen LogP contribution in [-0.2, 0) is 9.47 Å². The number of hydrogen-bond acceptors (Lipinski definition) is 3. The molecular weight excluding hydrogens is 276 g/mol. The molecule has 122 valence electrons. The van der Waals surface area contributed by atoms with Crippen molar-refractivity contribution in [2.24, 2.45) is 0 Å². The molecule has 1 heterocycles.